The predicted octanol–water partition coefficient (Wildman–Crippen LogP) is 1.11. The lowest BCUT2D eigenvalue weighted by Gasteiger charge is -2.05. The summed E-state index contributed by atoms with van der Waals surface area (Å²) in [6.45, 7) is 4.11. The Morgan fingerprint density at radius 3 is 2.11 bits per heavy atom. The molecule has 2 heterocycles. The fourth-order valence-electron chi connectivity index (χ4n) is 1.37. The summed E-state index contributed by atoms with van der Waals surface area (Å²) < 4.78 is 15.3. The topological polar surface area (TPSA) is 95.2 Å². The van der Waals surface area contributed by atoms with E-state index in [-0.39, 0.29) is 12.0 Å². The standard InChI is InChI=1S/C11H15N5O3/c1-6-7(2)19-8(13-6)5-12-9-14-10(17-3)16-11(15-9)18-4/h5H2,1-4H3,(H,12,14,15,16). The second kappa shape index (κ2) is 5.51. The first kappa shape index (κ1) is 13.1. The quantitative estimate of drug-likeness (QED) is 0.858. The molecule has 0 unspecified atom stereocenters. The van der Waals surface area contributed by atoms with Crippen LogP contribution in [0.2, 0.25) is 0 Å². The first-order valence-electron chi connectivity index (χ1n) is 5.63. The number of aromatic nitrogens is 4. The number of nitrogens with one attached hydrogen (secondary N) is 1. The molecule has 0 saturated heterocycles. The van der Waals surface area contributed by atoms with E-state index < -0.39 is 0 Å². The number of hydrogen-bond donors (Lipinski definition) is 1. The Morgan fingerprint density at radius 1 is 1.00 bits per heavy atom. The fourth-order valence-corrected chi connectivity index (χ4v) is 1.37. The summed E-state index contributed by atoms with van der Waals surface area (Å²) in [6, 6.07) is 0.350. The Balaban J connectivity index is 2.10. The van der Waals surface area contributed by atoms with Crippen molar-refractivity contribution in [3.05, 3.63) is 17.3 Å². The number of rotatable bonds is 5. The Morgan fingerprint density at radius 2 is 1.63 bits per heavy atom. The molecule has 0 fully saturated rings. The average molecular weight is 265 g/mol. The van der Waals surface area contributed by atoms with Crippen LogP contribution >= 0.6 is 0 Å². The number of oxazole rings is 1. The van der Waals surface area contributed by atoms with Gasteiger partial charge in [0.15, 0.2) is 0 Å². The highest BCUT2D eigenvalue weighted by molar-refractivity contribution is 5.27. The maximum absolute atomic E-state index is 5.44. The number of nitrogens with zero attached hydrogens (tertiary/aromatic N) is 4. The van der Waals surface area contributed by atoms with Crippen LogP contribution in [0.4, 0.5) is 5.95 Å². The van der Waals surface area contributed by atoms with E-state index in [0.717, 1.165) is 11.5 Å². The molecule has 0 bridgehead atoms. The minimum Gasteiger partial charge on any atom is -0.467 e. The Hall–Kier alpha value is -2.38. The van der Waals surface area contributed by atoms with Gasteiger partial charge in [-0.1, -0.05) is 0 Å². The van der Waals surface area contributed by atoms with Gasteiger partial charge in [0.05, 0.1) is 26.5 Å². The SMILES string of the molecule is COc1nc(NCc2nc(C)c(C)o2)nc(OC)n1. The minimum absolute atomic E-state index is 0.175. The largest absolute Gasteiger partial charge is 0.467 e. The van der Waals surface area contributed by atoms with Crippen LogP contribution in [0.3, 0.4) is 0 Å². The monoisotopic (exact) mass is 265 g/mol. The van der Waals surface area contributed by atoms with Crippen molar-refractivity contribution in [2.24, 2.45) is 0 Å². The van der Waals surface area contributed by atoms with Gasteiger partial charge in [-0.3, -0.25) is 0 Å². The lowest BCUT2D eigenvalue weighted by molar-refractivity contribution is 0.341. The predicted molar refractivity (Wildman–Crippen MR) is 66.2 cm³/mol. The van der Waals surface area contributed by atoms with Crippen molar-refractivity contribution in [3.63, 3.8) is 0 Å². The zero-order chi connectivity index (χ0) is 13.8. The van der Waals surface area contributed by atoms with Gasteiger partial charge in [-0.05, 0) is 13.8 Å². The second-order valence-electron chi connectivity index (χ2n) is 3.74. The minimum atomic E-state index is 0.175. The average Bonchev–Trinajstić information content (AvgIpc) is 2.75. The van der Waals surface area contributed by atoms with Gasteiger partial charge in [-0.2, -0.15) is 9.97 Å². The molecule has 8 nitrogen and oxygen atoms in total. The second-order valence-corrected chi connectivity index (χ2v) is 3.74. The number of methoxy groups -OCH3 is 2. The van der Waals surface area contributed by atoms with Crippen LogP contribution < -0.4 is 14.8 Å². The van der Waals surface area contributed by atoms with Gasteiger partial charge < -0.3 is 19.2 Å². The third-order valence-corrected chi connectivity index (χ3v) is 2.43. The molecule has 0 aliphatic heterocycles. The van der Waals surface area contributed by atoms with Crippen LogP contribution in [0.25, 0.3) is 0 Å². The van der Waals surface area contributed by atoms with E-state index in [4.69, 9.17) is 13.9 Å². The Bertz CT molecular complexity index is 528. The zero-order valence-corrected chi connectivity index (χ0v) is 11.2. The van der Waals surface area contributed by atoms with E-state index in [1.165, 1.54) is 14.2 Å². The van der Waals surface area contributed by atoms with Gasteiger partial charge in [-0.25, -0.2) is 4.98 Å². The number of hydrogen-bond acceptors (Lipinski definition) is 8. The molecule has 0 aromatic carbocycles. The Kier molecular flexibility index (Phi) is 3.79. The van der Waals surface area contributed by atoms with Gasteiger partial charge >= 0.3 is 12.0 Å². The van der Waals surface area contributed by atoms with Crippen molar-refractivity contribution >= 4 is 5.95 Å². The van der Waals surface area contributed by atoms with Crippen molar-refractivity contribution in [2.75, 3.05) is 19.5 Å². The lowest BCUT2D eigenvalue weighted by Crippen LogP contribution is -2.07. The van der Waals surface area contributed by atoms with Gasteiger partial charge in [0.1, 0.15) is 5.76 Å². The first-order valence-corrected chi connectivity index (χ1v) is 5.63. The van der Waals surface area contributed by atoms with E-state index in [1.807, 2.05) is 13.8 Å². The molecule has 0 aliphatic carbocycles. The molecule has 2 aromatic rings. The number of ether oxygens (including phenoxy) is 2. The molecule has 0 saturated carbocycles. The number of anilines is 1. The fraction of sp³-hybridized carbons (Fsp3) is 0.455. The highest BCUT2D eigenvalue weighted by Gasteiger charge is 2.09. The third kappa shape index (κ3) is 3.09. The molecular weight excluding hydrogens is 250 g/mol. The maximum Gasteiger partial charge on any atom is 0.324 e. The molecular formula is C11H15N5O3. The summed E-state index contributed by atoms with van der Waals surface area (Å²) in [7, 11) is 2.94. The summed E-state index contributed by atoms with van der Waals surface area (Å²) in [6.07, 6.45) is 0. The molecule has 0 amide bonds. The van der Waals surface area contributed by atoms with E-state index in [0.29, 0.717) is 18.4 Å². The zero-order valence-electron chi connectivity index (χ0n) is 11.2. The highest BCUT2D eigenvalue weighted by Crippen LogP contribution is 2.14. The molecule has 0 aliphatic rings. The van der Waals surface area contributed by atoms with Crippen molar-refractivity contribution in [2.45, 2.75) is 20.4 Å². The first-order chi connectivity index (χ1) is 9.12. The van der Waals surface area contributed by atoms with Crippen LogP contribution in [0.5, 0.6) is 12.0 Å². The van der Waals surface area contributed by atoms with E-state index in [1.54, 1.807) is 0 Å². The van der Waals surface area contributed by atoms with Crippen LogP contribution in [-0.4, -0.2) is 34.2 Å². The summed E-state index contributed by atoms with van der Waals surface area (Å²) in [4.78, 5) is 16.2. The molecule has 19 heavy (non-hydrogen) atoms. The highest BCUT2D eigenvalue weighted by atomic mass is 16.5. The van der Waals surface area contributed by atoms with Crippen molar-refractivity contribution in [1.82, 2.24) is 19.9 Å². The van der Waals surface area contributed by atoms with Crippen LogP contribution in [-0.2, 0) is 6.54 Å². The third-order valence-electron chi connectivity index (χ3n) is 2.43. The van der Waals surface area contributed by atoms with E-state index >= 15 is 0 Å². The molecule has 0 radical (unpaired) electrons. The summed E-state index contributed by atoms with van der Waals surface area (Å²) in [5.74, 6) is 1.69. The van der Waals surface area contributed by atoms with Crippen molar-refractivity contribution in [3.8, 4) is 12.0 Å². The van der Waals surface area contributed by atoms with Crippen molar-refractivity contribution < 1.29 is 13.9 Å². The van der Waals surface area contributed by atoms with E-state index in [2.05, 4.69) is 25.3 Å². The van der Waals surface area contributed by atoms with Crippen LogP contribution in [0.15, 0.2) is 4.42 Å². The Labute approximate surface area is 110 Å². The number of aryl methyl sites for hydroxylation is 2. The van der Waals surface area contributed by atoms with Gasteiger partial charge in [0.25, 0.3) is 0 Å². The molecule has 1 N–H and O–H groups in total. The van der Waals surface area contributed by atoms with Crippen LogP contribution in [0.1, 0.15) is 17.3 Å². The smallest absolute Gasteiger partial charge is 0.324 e. The van der Waals surface area contributed by atoms with Gasteiger partial charge in [0.2, 0.25) is 11.8 Å². The summed E-state index contributed by atoms with van der Waals surface area (Å²) in [5.41, 5.74) is 0.864. The van der Waals surface area contributed by atoms with Crippen molar-refractivity contribution in [1.29, 1.82) is 0 Å². The normalized spacial score (nSPS) is 10.3. The van der Waals surface area contributed by atoms with Gasteiger partial charge in [0, 0.05) is 0 Å². The van der Waals surface area contributed by atoms with Gasteiger partial charge in [-0.15, -0.1) is 4.98 Å². The molecule has 102 valence electrons. The molecule has 8 heteroatoms. The molecule has 0 atom stereocenters. The lowest BCUT2D eigenvalue weighted by atomic mass is 10.4. The molecule has 2 aromatic heterocycles. The summed E-state index contributed by atoms with van der Waals surface area (Å²) >= 11 is 0. The summed E-state index contributed by atoms with van der Waals surface area (Å²) in [5, 5.41) is 2.97. The van der Waals surface area contributed by atoms with Crippen LogP contribution in [0, 0.1) is 13.8 Å². The molecule has 0 spiro atoms. The molecule has 2 rings (SSSR count). The van der Waals surface area contributed by atoms with E-state index in [9.17, 15) is 0 Å². The maximum atomic E-state index is 5.44.